The number of hydrogen-bond acceptors (Lipinski definition) is 3. The monoisotopic (exact) mass is 371 g/mol. The lowest BCUT2D eigenvalue weighted by molar-refractivity contribution is -0.137. The van der Waals surface area contributed by atoms with Crippen LogP contribution in [0.4, 0.5) is 18.9 Å². The van der Waals surface area contributed by atoms with E-state index < -0.39 is 11.7 Å². The molecule has 0 atom stereocenters. The maximum atomic E-state index is 12.8. The van der Waals surface area contributed by atoms with Gasteiger partial charge in [-0.15, -0.1) is 0 Å². The lowest BCUT2D eigenvalue weighted by Crippen LogP contribution is -2.05. The molecule has 27 heavy (non-hydrogen) atoms. The van der Waals surface area contributed by atoms with E-state index >= 15 is 0 Å². The molecule has 4 rings (SSSR count). The molecule has 0 aliphatic carbocycles. The molecule has 0 aliphatic rings. The predicted octanol–water partition coefficient (Wildman–Crippen LogP) is 4.51. The second-order valence-corrected chi connectivity index (χ2v) is 6.17. The molecular formula is C19H16F3N5. The highest BCUT2D eigenvalue weighted by Crippen LogP contribution is 2.33. The summed E-state index contributed by atoms with van der Waals surface area (Å²) < 4.78 is 41.9. The maximum Gasteiger partial charge on any atom is 0.416 e. The van der Waals surface area contributed by atoms with E-state index in [2.05, 4.69) is 10.2 Å². The van der Waals surface area contributed by atoms with Crippen molar-refractivity contribution < 1.29 is 13.2 Å². The summed E-state index contributed by atoms with van der Waals surface area (Å²) in [5, 5.41) is 9.72. The molecule has 0 saturated carbocycles. The van der Waals surface area contributed by atoms with Gasteiger partial charge in [-0.2, -0.15) is 23.4 Å². The number of hydrogen-bond donors (Lipinski definition) is 1. The fraction of sp³-hybridized carbons (Fsp3) is 0.158. The third-order valence-electron chi connectivity index (χ3n) is 4.37. The van der Waals surface area contributed by atoms with Crippen LogP contribution in [0.1, 0.15) is 12.5 Å². The number of benzene rings is 2. The smallest absolute Gasteiger partial charge is 0.399 e. The minimum absolute atomic E-state index is 0.534. The number of aromatic nitrogens is 4. The molecule has 2 aromatic carbocycles. The summed E-state index contributed by atoms with van der Waals surface area (Å²) in [5.74, 6) is 0. The first-order valence-electron chi connectivity index (χ1n) is 8.35. The number of rotatable bonds is 3. The van der Waals surface area contributed by atoms with Crippen molar-refractivity contribution in [3.05, 3.63) is 60.4 Å². The number of alkyl halides is 3. The van der Waals surface area contributed by atoms with Gasteiger partial charge < -0.3 is 5.73 Å². The van der Waals surface area contributed by atoms with Crippen molar-refractivity contribution in [2.75, 3.05) is 5.73 Å². The molecule has 0 saturated heterocycles. The minimum Gasteiger partial charge on any atom is -0.399 e. The Bertz CT molecular complexity index is 1110. The topological polar surface area (TPSA) is 61.7 Å². The summed E-state index contributed by atoms with van der Waals surface area (Å²) in [6.45, 7) is 2.70. The molecule has 2 N–H and O–H groups in total. The van der Waals surface area contributed by atoms with Crippen LogP contribution in [0.5, 0.6) is 0 Å². The van der Waals surface area contributed by atoms with Crippen LogP contribution in [0.15, 0.2) is 54.9 Å². The summed E-state index contributed by atoms with van der Waals surface area (Å²) in [5.41, 5.74) is 8.60. The number of nitrogen functional groups attached to an aromatic ring is 1. The van der Waals surface area contributed by atoms with Gasteiger partial charge in [0.05, 0.1) is 23.0 Å². The molecular weight excluding hydrogens is 355 g/mol. The molecule has 0 aliphatic heterocycles. The molecule has 0 radical (unpaired) electrons. The van der Waals surface area contributed by atoms with E-state index in [1.807, 2.05) is 25.3 Å². The van der Waals surface area contributed by atoms with Gasteiger partial charge in [0.25, 0.3) is 0 Å². The third-order valence-corrected chi connectivity index (χ3v) is 4.37. The van der Waals surface area contributed by atoms with Gasteiger partial charge in [0.1, 0.15) is 5.69 Å². The van der Waals surface area contributed by atoms with Gasteiger partial charge in [0.15, 0.2) is 0 Å². The highest BCUT2D eigenvalue weighted by atomic mass is 19.4. The van der Waals surface area contributed by atoms with Crippen molar-refractivity contribution in [1.29, 1.82) is 0 Å². The van der Waals surface area contributed by atoms with E-state index in [-0.39, 0.29) is 0 Å². The Labute approximate surface area is 152 Å². The molecule has 0 unspecified atom stereocenters. The molecule has 4 aromatic rings. The average Bonchev–Trinajstić information content (AvgIpc) is 3.25. The normalized spacial score (nSPS) is 12.0. The Morgan fingerprint density at radius 3 is 2.44 bits per heavy atom. The standard InChI is InChI=1S/C19H16F3N5/c1-2-26-11-12(10-24-26)18-16-9-14(23)5-8-17(16)27(25-18)15-6-3-13(4-7-15)19(20,21)22/h3-11H,2,23H2,1H3. The summed E-state index contributed by atoms with van der Waals surface area (Å²) in [6, 6.07) is 10.3. The van der Waals surface area contributed by atoms with Gasteiger partial charge >= 0.3 is 6.18 Å². The van der Waals surface area contributed by atoms with Crippen LogP contribution in [0.25, 0.3) is 27.8 Å². The van der Waals surface area contributed by atoms with Gasteiger partial charge in [-0.3, -0.25) is 4.68 Å². The minimum atomic E-state index is -4.38. The largest absolute Gasteiger partial charge is 0.416 e. The second kappa shape index (κ2) is 6.15. The summed E-state index contributed by atoms with van der Waals surface area (Å²) in [7, 11) is 0. The first-order chi connectivity index (χ1) is 12.9. The van der Waals surface area contributed by atoms with E-state index in [0.717, 1.165) is 35.1 Å². The Balaban J connectivity index is 1.89. The van der Waals surface area contributed by atoms with E-state index in [0.29, 0.717) is 17.1 Å². The Kier molecular flexibility index (Phi) is 3.91. The number of aryl methyl sites for hydroxylation is 1. The van der Waals surface area contributed by atoms with Crippen molar-refractivity contribution in [2.45, 2.75) is 19.6 Å². The lowest BCUT2D eigenvalue weighted by Gasteiger charge is -2.08. The predicted molar refractivity (Wildman–Crippen MR) is 97.4 cm³/mol. The summed E-state index contributed by atoms with van der Waals surface area (Å²) in [4.78, 5) is 0. The van der Waals surface area contributed by atoms with Crippen molar-refractivity contribution >= 4 is 16.6 Å². The fourth-order valence-electron chi connectivity index (χ4n) is 3.00. The molecule has 2 heterocycles. The van der Waals surface area contributed by atoms with Crippen LogP contribution in [0, 0.1) is 0 Å². The molecule has 5 nitrogen and oxygen atoms in total. The van der Waals surface area contributed by atoms with Crippen LogP contribution in [-0.4, -0.2) is 19.6 Å². The zero-order valence-electron chi connectivity index (χ0n) is 14.4. The number of fused-ring (bicyclic) bond motifs is 1. The SMILES string of the molecule is CCn1cc(-c2nn(-c3ccc(C(F)(F)F)cc3)c3ccc(N)cc23)cn1. The zero-order valence-corrected chi connectivity index (χ0v) is 14.4. The van der Waals surface area contributed by atoms with E-state index in [1.165, 1.54) is 12.1 Å². The van der Waals surface area contributed by atoms with Gasteiger partial charge in [0.2, 0.25) is 0 Å². The van der Waals surface area contributed by atoms with Crippen LogP contribution in [0.3, 0.4) is 0 Å². The highest BCUT2D eigenvalue weighted by molar-refractivity contribution is 5.95. The first kappa shape index (κ1) is 17.1. The Hall–Kier alpha value is -3.29. The fourth-order valence-corrected chi connectivity index (χ4v) is 3.00. The highest BCUT2D eigenvalue weighted by Gasteiger charge is 2.30. The van der Waals surface area contributed by atoms with E-state index in [1.54, 1.807) is 21.6 Å². The van der Waals surface area contributed by atoms with Crippen LogP contribution >= 0.6 is 0 Å². The van der Waals surface area contributed by atoms with Crippen LogP contribution < -0.4 is 5.73 Å². The van der Waals surface area contributed by atoms with Gasteiger partial charge in [-0.1, -0.05) is 0 Å². The summed E-state index contributed by atoms with van der Waals surface area (Å²) >= 11 is 0. The zero-order chi connectivity index (χ0) is 19.2. The number of anilines is 1. The second-order valence-electron chi connectivity index (χ2n) is 6.17. The van der Waals surface area contributed by atoms with Crippen molar-refractivity contribution in [1.82, 2.24) is 19.6 Å². The van der Waals surface area contributed by atoms with Crippen LogP contribution in [-0.2, 0) is 12.7 Å². The molecule has 0 spiro atoms. The molecule has 2 aromatic heterocycles. The average molecular weight is 371 g/mol. The van der Waals surface area contributed by atoms with Gasteiger partial charge in [0, 0.05) is 29.4 Å². The molecule has 0 bridgehead atoms. The Morgan fingerprint density at radius 2 is 1.81 bits per heavy atom. The van der Waals surface area contributed by atoms with Gasteiger partial charge in [-0.25, -0.2) is 4.68 Å². The maximum absolute atomic E-state index is 12.8. The Morgan fingerprint density at radius 1 is 1.07 bits per heavy atom. The number of nitrogens with zero attached hydrogens (tertiary/aromatic N) is 4. The first-order valence-corrected chi connectivity index (χ1v) is 8.35. The molecule has 138 valence electrons. The quantitative estimate of drug-likeness (QED) is 0.539. The molecule has 8 heteroatoms. The number of nitrogens with two attached hydrogens (primary N) is 1. The van der Waals surface area contributed by atoms with Crippen molar-refractivity contribution in [3.63, 3.8) is 0 Å². The number of halogens is 3. The van der Waals surface area contributed by atoms with E-state index in [4.69, 9.17) is 5.73 Å². The molecule has 0 amide bonds. The molecule has 0 fully saturated rings. The summed E-state index contributed by atoms with van der Waals surface area (Å²) in [6.07, 6.45) is -0.785. The van der Waals surface area contributed by atoms with Crippen molar-refractivity contribution in [2.24, 2.45) is 0 Å². The lowest BCUT2D eigenvalue weighted by atomic mass is 10.1. The van der Waals surface area contributed by atoms with E-state index in [9.17, 15) is 13.2 Å². The van der Waals surface area contributed by atoms with Crippen LogP contribution in [0.2, 0.25) is 0 Å². The van der Waals surface area contributed by atoms with Gasteiger partial charge in [-0.05, 0) is 49.4 Å². The van der Waals surface area contributed by atoms with Crippen molar-refractivity contribution in [3.8, 4) is 16.9 Å². The third kappa shape index (κ3) is 3.03.